The average Bonchev–Trinajstić information content (AvgIpc) is 2.96. The summed E-state index contributed by atoms with van der Waals surface area (Å²) in [5, 5.41) is 8.89. The largest absolute Gasteiger partial charge is 0.337 e. The Morgan fingerprint density at radius 2 is 1.81 bits per heavy atom. The molecule has 1 aliphatic heterocycles. The molecule has 0 saturated carbocycles. The van der Waals surface area contributed by atoms with Crippen LogP contribution >= 0.6 is 11.8 Å². The van der Waals surface area contributed by atoms with Crippen LogP contribution in [0.3, 0.4) is 0 Å². The van der Waals surface area contributed by atoms with Gasteiger partial charge in [0.15, 0.2) is 5.65 Å². The fourth-order valence-corrected chi connectivity index (χ4v) is 5.88. The zero-order valence-electron chi connectivity index (χ0n) is 22.1. The van der Waals surface area contributed by atoms with Gasteiger partial charge in [0, 0.05) is 55.3 Å². The van der Waals surface area contributed by atoms with E-state index in [-0.39, 0.29) is 11.8 Å². The summed E-state index contributed by atoms with van der Waals surface area (Å²) in [5.41, 5.74) is 5.32. The highest BCUT2D eigenvalue weighted by atomic mass is 32.2. The molecular formula is C27H36N6O2S. The molecule has 1 fully saturated rings. The monoisotopic (exact) mass is 508 g/mol. The van der Waals surface area contributed by atoms with Crippen LogP contribution in [0, 0.1) is 20.8 Å². The van der Waals surface area contributed by atoms with Crippen LogP contribution in [0.1, 0.15) is 47.4 Å². The Balaban J connectivity index is 1.47. The zero-order chi connectivity index (χ0) is 26.0. The Kier molecular flexibility index (Phi) is 8.00. The van der Waals surface area contributed by atoms with Gasteiger partial charge >= 0.3 is 0 Å². The van der Waals surface area contributed by atoms with Crippen molar-refractivity contribution in [2.24, 2.45) is 7.05 Å². The van der Waals surface area contributed by atoms with E-state index in [4.69, 9.17) is 0 Å². The van der Waals surface area contributed by atoms with Gasteiger partial charge in [0.2, 0.25) is 5.91 Å². The van der Waals surface area contributed by atoms with E-state index in [9.17, 15) is 9.59 Å². The number of thioether (sulfide) groups is 1. The molecule has 1 saturated heterocycles. The minimum Gasteiger partial charge on any atom is -0.337 e. The highest BCUT2D eigenvalue weighted by molar-refractivity contribution is 8.00. The van der Waals surface area contributed by atoms with Gasteiger partial charge in [-0.05, 0) is 38.3 Å². The molecule has 8 nitrogen and oxygen atoms in total. The average molecular weight is 509 g/mol. The number of aromatic nitrogens is 3. The molecule has 3 heterocycles. The van der Waals surface area contributed by atoms with Crippen molar-refractivity contribution < 1.29 is 9.59 Å². The van der Waals surface area contributed by atoms with E-state index >= 15 is 0 Å². The van der Waals surface area contributed by atoms with E-state index in [0.717, 1.165) is 51.4 Å². The molecule has 0 aliphatic carbocycles. The quantitative estimate of drug-likeness (QED) is 0.503. The number of benzene rings is 1. The van der Waals surface area contributed by atoms with Gasteiger partial charge in [-0.25, -0.2) is 4.98 Å². The number of rotatable bonds is 6. The van der Waals surface area contributed by atoms with Crippen molar-refractivity contribution in [1.82, 2.24) is 24.6 Å². The summed E-state index contributed by atoms with van der Waals surface area (Å²) in [6, 6.07) is 6.00. The molecule has 0 spiro atoms. The molecule has 0 unspecified atom stereocenters. The fraction of sp³-hybridized carbons (Fsp3) is 0.481. The van der Waals surface area contributed by atoms with E-state index in [1.165, 1.54) is 0 Å². The third-order valence-corrected chi connectivity index (χ3v) is 7.68. The second-order valence-corrected chi connectivity index (χ2v) is 11.4. The van der Waals surface area contributed by atoms with Crippen LogP contribution in [0.5, 0.6) is 0 Å². The fourth-order valence-electron chi connectivity index (χ4n) is 4.79. The highest BCUT2D eigenvalue weighted by Gasteiger charge is 2.26. The Morgan fingerprint density at radius 3 is 2.50 bits per heavy atom. The summed E-state index contributed by atoms with van der Waals surface area (Å²) >= 11 is 1.69. The molecule has 1 aromatic carbocycles. The number of nitrogens with zero attached hydrogens (tertiary/aromatic N) is 5. The maximum absolute atomic E-state index is 13.7. The summed E-state index contributed by atoms with van der Waals surface area (Å²) in [6.45, 7) is 13.2. The molecular weight excluding hydrogens is 472 g/mol. The third kappa shape index (κ3) is 5.57. The molecule has 1 aliphatic rings. The van der Waals surface area contributed by atoms with Crippen molar-refractivity contribution in [2.45, 2.75) is 51.2 Å². The molecule has 0 radical (unpaired) electrons. The van der Waals surface area contributed by atoms with Gasteiger partial charge in [-0.15, -0.1) is 11.8 Å². The van der Waals surface area contributed by atoms with Gasteiger partial charge in [0.1, 0.15) is 0 Å². The highest BCUT2D eigenvalue weighted by Crippen LogP contribution is 2.35. The van der Waals surface area contributed by atoms with Gasteiger partial charge in [-0.1, -0.05) is 32.0 Å². The number of fused-ring (bicyclic) bond motifs is 1. The molecule has 2 aromatic heterocycles. The van der Waals surface area contributed by atoms with E-state index in [2.05, 4.69) is 34.1 Å². The first-order chi connectivity index (χ1) is 17.2. The Morgan fingerprint density at radius 1 is 1.08 bits per heavy atom. The summed E-state index contributed by atoms with van der Waals surface area (Å²) < 4.78 is 1.77. The number of para-hydroxylation sites is 1. The molecule has 2 amide bonds. The SMILES string of the molecule is Cc1cccc(C)c1NC(=O)CN1CCCN(C(=O)c2cnc3c(c(C)nn3C)c2SC(C)C)CC1. The number of carbonyl (C=O) groups excluding carboxylic acids is 2. The lowest BCUT2D eigenvalue weighted by Gasteiger charge is -2.23. The topological polar surface area (TPSA) is 83.4 Å². The molecule has 36 heavy (non-hydrogen) atoms. The number of aryl methyl sites for hydroxylation is 4. The lowest BCUT2D eigenvalue weighted by molar-refractivity contribution is -0.117. The number of anilines is 1. The summed E-state index contributed by atoms with van der Waals surface area (Å²) in [5.74, 6) is -0.0258. The predicted octanol–water partition coefficient (Wildman–Crippen LogP) is 4.18. The number of hydrogen-bond donors (Lipinski definition) is 1. The summed E-state index contributed by atoms with van der Waals surface area (Å²) in [4.78, 5) is 36.1. The van der Waals surface area contributed by atoms with Crippen LogP contribution in [-0.2, 0) is 11.8 Å². The van der Waals surface area contributed by atoms with Crippen molar-refractivity contribution in [3.63, 3.8) is 0 Å². The second kappa shape index (κ2) is 11.0. The van der Waals surface area contributed by atoms with Crippen LogP contribution in [0.25, 0.3) is 11.0 Å². The minimum atomic E-state index is -0.0236. The number of amides is 2. The van der Waals surface area contributed by atoms with Crippen molar-refractivity contribution in [3.8, 4) is 0 Å². The summed E-state index contributed by atoms with van der Waals surface area (Å²) in [6.07, 6.45) is 2.52. The van der Waals surface area contributed by atoms with E-state index in [0.29, 0.717) is 37.0 Å². The molecule has 3 aromatic rings. The molecule has 0 atom stereocenters. The molecule has 1 N–H and O–H groups in total. The van der Waals surface area contributed by atoms with E-state index in [1.54, 1.807) is 22.6 Å². The normalized spacial score (nSPS) is 14.9. The lowest BCUT2D eigenvalue weighted by Crippen LogP contribution is -2.38. The van der Waals surface area contributed by atoms with Crippen molar-refractivity contribution in [1.29, 1.82) is 0 Å². The summed E-state index contributed by atoms with van der Waals surface area (Å²) in [7, 11) is 1.88. The van der Waals surface area contributed by atoms with E-state index in [1.807, 2.05) is 50.9 Å². The standard InChI is InChI=1S/C27H36N6O2S/c1-17(2)36-25-21(15-28-26-23(25)20(5)30-31(26)6)27(35)33-12-8-11-32(13-14-33)16-22(34)29-24-18(3)9-7-10-19(24)4/h7,9-10,15,17H,8,11-14,16H2,1-6H3,(H,29,34). The number of hydrogen-bond acceptors (Lipinski definition) is 6. The van der Waals surface area contributed by atoms with Crippen LogP contribution in [0.2, 0.25) is 0 Å². The van der Waals surface area contributed by atoms with Gasteiger partial charge in [-0.3, -0.25) is 19.2 Å². The van der Waals surface area contributed by atoms with Gasteiger partial charge < -0.3 is 10.2 Å². The maximum atomic E-state index is 13.7. The van der Waals surface area contributed by atoms with Gasteiger partial charge in [0.25, 0.3) is 5.91 Å². The molecule has 4 rings (SSSR count). The predicted molar refractivity (Wildman–Crippen MR) is 146 cm³/mol. The van der Waals surface area contributed by atoms with Crippen LogP contribution in [0.15, 0.2) is 29.3 Å². The first-order valence-corrected chi connectivity index (χ1v) is 13.4. The maximum Gasteiger partial charge on any atom is 0.256 e. The number of nitrogens with one attached hydrogen (secondary N) is 1. The molecule has 9 heteroatoms. The molecule has 0 bridgehead atoms. The van der Waals surface area contributed by atoms with E-state index < -0.39 is 0 Å². The van der Waals surface area contributed by atoms with Crippen LogP contribution < -0.4 is 5.32 Å². The Labute approximate surface area is 217 Å². The first kappa shape index (κ1) is 26.2. The lowest BCUT2D eigenvalue weighted by atomic mass is 10.1. The first-order valence-electron chi connectivity index (χ1n) is 12.5. The Bertz CT molecular complexity index is 1260. The van der Waals surface area contributed by atoms with Gasteiger partial charge in [0.05, 0.1) is 23.2 Å². The molecule has 192 valence electrons. The number of carbonyl (C=O) groups is 2. The van der Waals surface area contributed by atoms with Crippen molar-refractivity contribution in [2.75, 3.05) is 38.0 Å². The smallest absolute Gasteiger partial charge is 0.256 e. The van der Waals surface area contributed by atoms with Crippen LogP contribution in [0.4, 0.5) is 5.69 Å². The van der Waals surface area contributed by atoms with Gasteiger partial charge in [-0.2, -0.15) is 5.10 Å². The van der Waals surface area contributed by atoms with Crippen molar-refractivity contribution >= 4 is 40.3 Å². The van der Waals surface area contributed by atoms with Crippen LogP contribution in [-0.4, -0.2) is 74.4 Å². The third-order valence-electron chi connectivity index (χ3n) is 6.55. The number of pyridine rings is 1. The second-order valence-electron chi connectivity index (χ2n) is 9.81. The van der Waals surface area contributed by atoms with Crippen molar-refractivity contribution in [3.05, 3.63) is 46.8 Å². The minimum absolute atomic E-state index is 0.00219. The zero-order valence-corrected chi connectivity index (χ0v) is 22.9. The Hall–Kier alpha value is -2.91.